The number of methoxy groups -OCH3 is 1. The Hall–Kier alpha value is -1.72. The lowest BCUT2D eigenvalue weighted by Crippen LogP contribution is -2.35. The van der Waals surface area contributed by atoms with E-state index in [9.17, 15) is 5.21 Å². The number of hydrogen-bond donors (Lipinski definition) is 2. The van der Waals surface area contributed by atoms with Gasteiger partial charge in [0, 0.05) is 6.54 Å². The molecule has 1 rings (SSSR count). The number of nitrogens with one attached hydrogen (secondary N) is 1. The van der Waals surface area contributed by atoms with Gasteiger partial charge < -0.3 is 21.0 Å². The molecule has 0 saturated carbocycles. The van der Waals surface area contributed by atoms with E-state index in [1.165, 1.54) is 97.0 Å². The Balaban J connectivity index is 1.90. The fraction of sp³-hybridized carbons (Fsp3) is 0.818. The number of rotatable bonds is 18. The molecule has 0 bridgehead atoms. The average Bonchev–Trinajstić information content (AvgIpc) is 2.70. The second-order valence-electron chi connectivity index (χ2n) is 7.71. The van der Waals surface area contributed by atoms with Crippen molar-refractivity contribution in [1.82, 2.24) is 4.98 Å². The number of nitrogen functional groups attached to an aromatic ring is 1. The van der Waals surface area contributed by atoms with Crippen molar-refractivity contribution in [3.05, 3.63) is 11.3 Å². The van der Waals surface area contributed by atoms with E-state index in [-0.39, 0.29) is 5.95 Å². The van der Waals surface area contributed by atoms with Gasteiger partial charge in [-0.1, -0.05) is 102 Å². The third kappa shape index (κ3) is 11.2. The van der Waals surface area contributed by atoms with Crippen LogP contribution in [0.2, 0.25) is 0 Å². The van der Waals surface area contributed by atoms with E-state index in [1.54, 1.807) is 6.07 Å². The third-order valence-electron chi connectivity index (χ3n) is 5.21. The van der Waals surface area contributed by atoms with Crippen LogP contribution in [0.3, 0.4) is 0 Å². The fourth-order valence-corrected chi connectivity index (χ4v) is 3.43. The summed E-state index contributed by atoms with van der Waals surface area (Å²) in [5.74, 6) is 0.650. The third-order valence-corrected chi connectivity index (χ3v) is 5.21. The van der Waals surface area contributed by atoms with Crippen molar-refractivity contribution in [2.24, 2.45) is 0 Å². The summed E-state index contributed by atoms with van der Waals surface area (Å²) in [5.41, 5.74) is 5.58. The minimum absolute atomic E-state index is 0.0988. The number of aromatic nitrogens is 2. The molecule has 6 heteroatoms. The number of unbranched alkanes of at least 4 members (excludes halogenated alkanes) is 14. The second-order valence-corrected chi connectivity index (χ2v) is 7.71. The normalized spacial score (nSPS) is 10.9. The summed E-state index contributed by atoms with van der Waals surface area (Å²) >= 11 is 0. The van der Waals surface area contributed by atoms with Gasteiger partial charge in [-0.2, -0.15) is 0 Å². The van der Waals surface area contributed by atoms with Crippen molar-refractivity contribution < 1.29 is 9.47 Å². The van der Waals surface area contributed by atoms with Crippen molar-refractivity contribution >= 4 is 11.8 Å². The van der Waals surface area contributed by atoms with Crippen LogP contribution in [0.4, 0.5) is 11.8 Å². The smallest absolute Gasteiger partial charge is 0.347 e. The second kappa shape index (κ2) is 16.3. The van der Waals surface area contributed by atoms with Gasteiger partial charge in [-0.15, -0.1) is 0 Å². The van der Waals surface area contributed by atoms with E-state index in [2.05, 4.69) is 17.2 Å². The highest BCUT2D eigenvalue weighted by atomic mass is 16.5. The molecule has 0 aliphatic carbocycles. The molecule has 0 aromatic carbocycles. The molecule has 28 heavy (non-hydrogen) atoms. The summed E-state index contributed by atoms with van der Waals surface area (Å²) in [6.45, 7) is 3.03. The van der Waals surface area contributed by atoms with Crippen LogP contribution in [0.5, 0.6) is 5.88 Å². The van der Waals surface area contributed by atoms with Gasteiger partial charge in [0.2, 0.25) is 5.82 Å². The van der Waals surface area contributed by atoms with Gasteiger partial charge in [-0.25, -0.2) is 4.73 Å². The topological polar surface area (TPSA) is 87.1 Å². The first-order valence-corrected chi connectivity index (χ1v) is 11.4. The molecule has 0 radical (unpaired) electrons. The average molecular weight is 395 g/mol. The summed E-state index contributed by atoms with van der Waals surface area (Å²) in [6, 6.07) is 1.58. The van der Waals surface area contributed by atoms with Crippen LogP contribution < -0.4 is 20.5 Å². The first kappa shape index (κ1) is 24.3. The number of anilines is 2. The van der Waals surface area contributed by atoms with Crippen LogP contribution >= 0.6 is 0 Å². The molecule has 0 aliphatic heterocycles. The molecule has 3 N–H and O–H groups in total. The van der Waals surface area contributed by atoms with Gasteiger partial charge in [0.1, 0.15) is 0 Å². The van der Waals surface area contributed by atoms with E-state index in [0.717, 1.165) is 13.0 Å². The van der Waals surface area contributed by atoms with Crippen molar-refractivity contribution in [2.45, 2.75) is 103 Å². The van der Waals surface area contributed by atoms with Gasteiger partial charge in [0.05, 0.1) is 13.2 Å². The Morgan fingerprint density at radius 1 is 0.893 bits per heavy atom. The Kier molecular flexibility index (Phi) is 14.1. The molecule has 1 heterocycles. The lowest BCUT2D eigenvalue weighted by molar-refractivity contribution is -0.577. The maximum absolute atomic E-state index is 11.8. The van der Waals surface area contributed by atoms with Gasteiger partial charge in [0.15, 0.2) is 0 Å². The zero-order valence-electron chi connectivity index (χ0n) is 18.2. The predicted octanol–water partition coefficient (Wildman–Crippen LogP) is 5.59. The first-order chi connectivity index (χ1) is 13.7. The number of nitrogens with zero attached hydrogens (tertiary/aromatic N) is 2. The molecule has 0 atom stereocenters. The molecule has 1 aromatic heterocycles. The molecule has 0 amide bonds. The molecule has 0 saturated heterocycles. The van der Waals surface area contributed by atoms with E-state index < -0.39 is 0 Å². The molecule has 1 aromatic rings. The van der Waals surface area contributed by atoms with Crippen molar-refractivity contribution in [1.29, 1.82) is 0 Å². The van der Waals surface area contributed by atoms with Crippen LogP contribution in [0.25, 0.3) is 0 Å². The highest BCUT2D eigenvalue weighted by Crippen LogP contribution is 2.14. The summed E-state index contributed by atoms with van der Waals surface area (Å²) in [6.07, 6.45) is 20.2. The minimum Gasteiger partial charge on any atom is -0.754 e. The number of hydrogen-bond acceptors (Lipinski definition) is 5. The highest BCUT2D eigenvalue weighted by molar-refractivity contribution is 5.36. The lowest BCUT2D eigenvalue weighted by atomic mass is 10.0. The van der Waals surface area contributed by atoms with Gasteiger partial charge in [-0.05, 0) is 6.42 Å². The zero-order chi connectivity index (χ0) is 20.5. The monoisotopic (exact) mass is 394 g/mol. The maximum Gasteiger partial charge on any atom is 0.347 e. The SMILES string of the molecule is CCCCCCCCCCCCCCCCCNc1cc(OC)nc(N)[n+]1[O-]. The van der Waals surface area contributed by atoms with Crippen molar-refractivity contribution in [3.8, 4) is 5.88 Å². The Bertz CT molecular complexity index is 512. The summed E-state index contributed by atoms with van der Waals surface area (Å²) in [4.78, 5) is 3.84. The predicted molar refractivity (Wildman–Crippen MR) is 118 cm³/mol. The van der Waals surface area contributed by atoms with Crippen LogP contribution in [0.1, 0.15) is 103 Å². The van der Waals surface area contributed by atoms with Crippen molar-refractivity contribution in [2.75, 3.05) is 24.7 Å². The maximum atomic E-state index is 11.8. The molecule has 6 nitrogen and oxygen atoms in total. The summed E-state index contributed by atoms with van der Waals surface area (Å²) in [5, 5.41) is 15.0. The molecular formula is C22H42N4O2. The van der Waals surface area contributed by atoms with E-state index in [1.807, 2.05) is 0 Å². The number of ether oxygens (including phenoxy) is 1. The van der Waals surface area contributed by atoms with Crippen LogP contribution in [-0.4, -0.2) is 18.6 Å². The standard InChI is InChI=1S/C22H42N4O2/c1-3-4-5-6-7-8-9-10-11-12-13-14-15-16-17-18-24-20-19-21(28-2)25-22(23)26(20)27/h19,24H,3-18H2,1-2H3,(H2,23,25). The first-order valence-electron chi connectivity index (χ1n) is 11.4. The quantitative estimate of drug-likeness (QED) is 0.192. The zero-order valence-corrected chi connectivity index (χ0v) is 18.2. The van der Waals surface area contributed by atoms with Crippen LogP contribution in [0, 0.1) is 5.21 Å². The summed E-state index contributed by atoms with van der Waals surface area (Å²) < 4.78 is 5.65. The molecular weight excluding hydrogens is 352 g/mol. The highest BCUT2D eigenvalue weighted by Gasteiger charge is 2.10. The summed E-state index contributed by atoms with van der Waals surface area (Å²) in [7, 11) is 1.51. The van der Waals surface area contributed by atoms with E-state index in [4.69, 9.17) is 10.5 Å². The van der Waals surface area contributed by atoms with E-state index >= 15 is 0 Å². The molecule has 0 fully saturated rings. The van der Waals surface area contributed by atoms with Crippen molar-refractivity contribution in [3.63, 3.8) is 0 Å². The number of nitrogens with two attached hydrogens (primary N) is 1. The largest absolute Gasteiger partial charge is 0.754 e. The molecule has 0 unspecified atom stereocenters. The molecule has 0 spiro atoms. The van der Waals surface area contributed by atoms with Gasteiger partial charge in [0.25, 0.3) is 5.88 Å². The van der Waals surface area contributed by atoms with E-state index in [0.29, 0.717) is 16.4 Å². The fourth-order valence-electron chi connectivity index (χ4n) is 3.43. The van der Waals surface area contributed by atoms with Gasteiger partial charge in [-0.3, -0.25) is 0 Å². The van der Waals surface area contributed by atoms with Crippen LogP contribution in [0.15, 0.2) is 6.07 Å². The molecule has 0 aliphatic rings. The molecule has 162 valence electrons. The van der Waals surface area contributed by atoms with Crippen LogP contribution in [-0.2, 0) is 0 Å². The Morgan fingerprint density at radius 2 is 1.36 bits per heavy atom. The minimum atomic E-state index is -0.0988. The lowest BCUT2D eigenvalue weighted by Gasteiger charge is -2.13. The van der Waals surface area contributed by atoms with Gasteiger partial charge >= 0.3 is 5.95 Å². The Labute approximate surface area is 171 Å². The Morgan fingerprint density at radius 3 is 1.82 bits per heavy atom.